The molecule has 11 heteroatoms. The molecule has 2 aromatic carbocycles. The zero-order chi connectivity index (χ0) is 23.4. The van der Waals surface area contributed by atoms with Crippen LogP contribution in [0.1, 0.15) is 16.8 Å². The summed E-state index contributed by atoms with van der Waals surface area (Å²) < 4.78 is 0. The maximum atomic E-state index is 12.6. The van der Waals surface area contributed by atoms with Gasteiger partial charge in [0, 0.05) is 35.8 Å². The van der Waals surface area contributed by atoms with E-state index in [4.69, 9.17) is 63.1 Å². The third-order valence-electron chi connectivity index (χ3n) is 4.34. The monoisotopic (exact) mass is 531 g/mol. The molecule has 0 fully saturated rings. The number of rotatable bonds is 7. The molecule has 0 aliphatic carbocycles. The second-order valence-corrected chi connectivity index (χ2v) is 8.47. The van der Waals surface area contributed by atoms with E-state index >= 15 is 0 Å². The molecule has 32 heavy (non-hydrogen) atoms. The number of carbonyl (C=O) groups excluding carboxylic acids is 1. The smallest absolute Gasteiger partial charge is 0.305 e. The van der Waals surface area contributed by atoms with E-state index in [1.807, 2.05) is 0 Å². The Morgan fingerprint density at radius 1 is 0.906 bits per heavy atom. The fraction of sp³-hybridized carbons (Fsp3) is 0.0952. The van der Waals surface area contributed by atoms with Gasteiger partial charge < -0.3 is 15.7 Å². The van der Waals surface area contributed by atoms with Crippen molar-refractivity contribution in [3.8, 4) is 11.1 Å². The number of hydrogen-bond donors (Lipinski definition) is 3. The third-order valence-corrected chi connectivity index (χ3v) is 6.18. The average molecular weight is 534 g/mol. The number of aliphatic carboxylic acids is 1. The SMILES string of the molecule is O=C(O)CCNc1cc(Cl)c(Cl)c(Cl)c1-c1ccc(C(=O)Nc2c(Cl)cncc2Cl)cc1. The van der Waals surface area contributed by atoms with Gasteiger partial charge in [0.05, 0.1) is 37.2 Å². The number of carbonyl (C=O) groups is 2. The molecule has 6 nitrogen and oxygen atoms in total. The predicted molar refractivity (Wildman–Crippen MR) is 130 cm³/mol. The molecular formula is C21H14Cl5N3O3. The molecule has 0 radical (unpaired) electrons. The average Bonchev–Trinajstić information content (AvgIpc) is 2.75. The van der Waals surface area contributed by atoms with Gasteiger partial charge in [-0.25, -0.2) is 0 Å². The highest BCUT2D eigenvalue weighted by Crippen LogP contribution is 2.43. The van der Waals surface area contributed by atoms with Crippen LogP contribution in [-0.4, -0.2) is 28.5 Å². The second-order valence-electron chi connectivity index (χ2n) is 6.49. The predicted octanol–water partition coefficient (Wildman–Crippen LogP) is 7.15. The summed E-state index contributed by atoms with van der Waals surface area (Å²) in [7, 11) is 0. The lowest BCUT2D eigenvalue weighted by Crippen LogP contribution is -2.12. The standard InChI is InChI=1S/C21H14Cl5N3O3/c22-12-7-15(28-6-5-16(30)31)17(19(26)18(12)25)10-1-3-11(4-2-10)21(32)29-20-13(23)8-27-9-14(20)24/h1-4,7-9,28H,5-6H2,(H,30,31)(H,27,29,32). The van der Waals surface area contributed by atoms with Crippen molar-refractivity contribution in [1.29, 1.82) is 0 Å². The van der Waals surface area contributed by atoms with Crippen LogP contribution in [0.3, 0.4) is 0 Å². The Hall–Kier alpha value is -2.22. The van der Waals surface area contributed by atoms with E-state index in [1.54, 1.807) is 30.3 Å². The van der Waals surface area contributed by atoms with Crippen molar-refractivity contribution in [2.24, 2.45) is 0 Å². The first-order chi connectivity index (χ1) is 15.2. The normalized spacial score (nSPS) is 10.7. The topological polar surface area (TPSA) is 91.3 Å². The number of pyridine rings is 1. The number of carboxylic acids is 1. The van der Waals surface area contributed by atoms with Gasteiger partial charge in [-0.15, -0.1) is 0 Å². The van der Waals surface area contributed by atoms with Gasteiger partial charge in [0.1, 0.15) is 0 Å². The van der Waals surface area contributed by atoms with Gasteiger partial charge in [-0.3, -0.25) is 14.6 Å². The van der Waals surface area contributed by atoms with Crippen LogP contribution in [0, 0.1) is 0 Å². The Morgan fingerprint density at radius 3 is 2.12 bits per heavy atom. The Labute approximate surface area is 208 Å². The van der Waals surface area contributed by atoms with E-state index in [-0.39, 0.29) is 43.8 Å². The van der Waals surface area contributed by atoms with E-state index in [9.17, 15) is 9.59 Å². The molecule has 0 aliphatic rings. The summed E-state index contributed by atoms with van der Waals surface area (Å²) in [4.78, 5) is 27.3. The van der Waals surface area contributed by atoms with Crippen LogP contribution in [0.5, 0.6) is 0 Å². The van der Waals surface area contributed by atoms with Crippen molar-refractivity contribution >= 4 is 81.3 Å². The van der Waals surface area contributed by atoms with Crippen molar-refractivity contribution in [3.05, 3.63) is 73.4 Å². The maximum Gasteiger partial charge on any atom is 0.305 e. The van der Waals surface area contributed by atoms with Crippen LogP contribution in [0.4, 0.5) is 11.4 Å². The molecule has 0 saturated carbocycles. The van der Waals surface area contributed by atoms with Crippen molar-refractivity contribution in [2.75, 3.05) is 17.2 Å². The number of anilines is 2. The summed E-state index contributed by atoms with van der Waals surface area (Å²) in [5, 5.41) is 15.6. The number of carboxylic acid groups (broad SMARTS) is 1. The Balaban J connectivity index is 1.90. The second kappa shape index (κ2) is 10.6. The number of amides is 1. The van der Waals surface area contributed by atoms with Crippen molar-refractivity contribution in [1.82, 2.24) is 4.98 Å². The maximum absolute atomic E-state index is 12.6. The van der Waals surface area contributed by atoms with Gasteiger partial charge in [-0.05, 0) is 23.8 Å². The Bertz CT molecular complexity index is 1170. The van der Waals surface area contributed by atoms with E-state index in [1.165, 1.54) is 12.4 Å². The van der Waals surface area contributed by atoms with Gasteiger partial charge in [0.2, 0.25) is 0 Å². The molecule has 0 aliphatic heterocycles. The zero-order valence-corrected chi connectivity index (χ0v) is 19.8. The molecule has 0 saturated heterocycles. The molecule has 0 bridgehead atoms. The minimum absolute atomic E-state index is 0.101. The van der Waals surface area contributed by atoms with E-state index < -0.39 is 11.9 Å². The lowest BCUT2D eigenvalue weighted by Gasteiger charge is -2.16. The van der Waals surface area contributed by atoms with Crippen LogP contribution in [0.15, 0.2) is 42.7 Å². The molecule has 3 rings (SSSR count). The van der Waals surface area contributed by atoms with Crippen molar-refractivity contribution in [3.63, 3.8) is 0 Å². The first kappa shape index (κ1) is 24.4. The van der Waals surface area contributed by atoms with E-state index in [2.05, 4.69) is 15.6 Å². The number of halogens is 5. The first-order valence-corrected chi connectivity index (χ1v) is 10.9. The molecule has 166 valence electrons. The summed E-state index contributed by atoms with van der Waals surface area (Å²) in [6.45, 7) is 0.157. The number of benzene rings is 2. The van der Waals surface area contributed by atoms with Crippen LogP contribution in [-0.2, 0) is 4.79 Å². The third kappa shape index (κ3) is 5.57. The minimum atomic E-state index is -0.949. The minimum Gasteiger partial charge on any atom is -0.481 e. The number of aromatic nitrogens is 1. The van der Waals surface area contributed by atoms with Gasteiger partial charge >= 0.3 is 5.97 Å². The van der Waals surface area contributed by atoms with Gasteiger partial charge in [-0.2, -0.15) is 0 Å². The van der Waals surface area contributed by atoms with E-state index in [0.717, 1.165) is 0 Å². The molecule has 0 spiro atoms. The molecule has 1 heterocycles. The largest absolute Gasteiger partial charge is 0.481 e. The Kier molecular flexibility index (Phi) is 8.09. The molecule has 1 amide bonds. The lowest BCUT2D eigenvalue weighted by atomic mass is 10.0. The zero-order valence-electron chi connectivity index (χ0n) is 16.1. The molecule has 0 atom stereocenters. The highest BCUT2D eigenvalue weighted by atomic mass is 35.5. The quantitative estimate of drug-likeness (QED) is 0.281. The molecule has 3 aromatic rings. The van der Waals surface area contributed by atoms with Crippen LogP contribution in [0.2, 0.25) is 25.1 Å². The number of nitrogens with zero attached hydrogens (tertiary/aromatic N) is 1. The number of nitrogens with one attached hydrogen (secondary N) is 2. The summed E-state index contributed by atoms with van der Waals surface area (Å²) in [6.07, 6.45) is 2.64. The first-order valence-electron chi connectivity index (χ1n) is 9.03. The van der Waals surface area contributed by atoms with Gasteiger partial charge in [-0.1, -0.05) is 70.1 Å². The van der Waals surface area contributed by atoms with Crippen LogP contribution >= 0.6 is 58.0 Å². The molecule has 3 N–H and O–H groups in total. The fourth-order valence-corrected chi connectivity index (χ4v) is 4.00. The highest BCUT2D eigenvalue weighted by molar-refractivity contribution is 6.49. The summed E-state index contributed by atoms with van der Waals surface area (Å²) in [5.41, 5.74) is 2.28. The lowest BCUT2D eigenvalue weighted by molar-refractivity contribution is -0.136. The fourth-order valence-electron chi connectivity index (χ4n) is 2.83. The molecular weight excluding hydrogens is 520 g/mol. The number of hydrogen-bond acceptors (Lipinski definition) is 4. The van der Waals surface area contributed by atoms with Crippen LogP contribution in [0.25, 0.3) is 11.1 Å². The highest BCUT2D eigenvalue weighted by Gasteiger charge is 2.18. The summed E-state index contributed by atoms with van der Waals surface area (Å²) >= 11 is 30.9. The molecule has 1 aromatic heterocycles. The van der Waals surface area contributed by atoms with Gasteiger partial charge in [0.15, 0.2) is 0 Å². The van der Waals surface area contributed by atoms with Crippen molar-refractivity contribution < 1.29 is 14.7 Å². The van der Waals surface area contributed by atoms with Crippen LogP contribution < -0.4 is 10.6 Å². The summed E-state index contributed by atoms with van der Waals surface area (Å²) in [5.74, 6) is -1.37. The van der Waals surface area contributed by atoms with E-state index in [0.29, 0.717) is 22.4 Å². The Morgan fingerprint density at radius 2 is 1.53 bits per heavy atom. The summed E-state index contributed by atoms with van der Waals surface area (Å²) in [6, 6.07) is 8.11. The molecule has 0 unspecified atom stereocenters. The van der Waals surface area contributed by atoms with Crippen molar-refractivity contribution in [2.45, 2.75) is 6.42 Å². The van der Waals surface area contributed by atoms with Gasteiger partial charge in [0.25, 0.3) is 5.91 Å².